The number of benzene rings is 1. The number of aryl methyl sites for hydroxylation is 1. The van der Waals surface area contributed by atoms with E-state index in [0.29, 0.717) is 43.2 Å². The number of anilines is 1. The highest BCUT2D eigenvalue weighted by Crippen LogP contribution is 2.38. The smallest absolute Gasteiger partial charge is 0.348 e. The molecule has 0 bridgehead atoms. The lowest BCUT2D eigenvalue weighted by molar-refractivity contribution is -0.157. The molecule has 0 radical (unpaired) electrons. The Kier molecular flexibility index (Phi) is 4.06. The van der Waals surface area contributed by atoms with Gasteiger partial charge in [0.1, 0.15) is 5.75 Å². The molecular formula is C19H20N2O5. The Bertz CT molecular complexity index is 830. The van der Waals surface area contributed by atoms with E-state index in [4.69, 9.17) is 14.2 Å². The summed E-state index contributed by atoms with van der Waals surface area (Å²) in [5.41, 5.74) is 0.750. The molecule has 0 unspecified atom stereocenters. The molecular weight excluding hydrogens is 336 g/mol. The van der Waals surface area contributed by atoms with Crippen LogP contribution >= 0.6 is 0 Å². The predicted octanol–water partition coefficient (Wildman–Crippen LogP) is 2.62. The van der Waals surface area contributed by atoms with Crippen LogP contribution in [0.1, 0.15) is 18.5 Å². The number of nitrogens with zero attached hydrogens (tertiary/aromatic N) is 2. The summed E-state index contributed by atoms with van der Waals surface area (Å²) in [7, 11) is 0. The van der Waals surface area contributed by atoms with Gasteiger partial charge < -0.3 is 24.2 Å². The van der Waals surface area contributed by atoms with E-state index < -0.39 is 11.6 Å². The van der Waals surface area contributed by atoms with Gasteiger partial charge in [0.25, 0.3) is 0 Å². The predicted molar refractivity (Wildman–Crippen MR) is 94.0 cm³/mol. The van der Waals surface area contributed by atoms with Crippen molar-refractivity contribution in [2.24, 2.45) is 0 Å². The monoisotopic (exact) mass is 356 g/mol. The van der Waals surface area contributed by atoms with E-state index in [1.54, 1.807) is 24.4 Å². The molecule has 2 aliphatic rings. The van der Waals surface area contributed by atoms with E-state index in [1.807, 2.05) is 19.1 Å². The maximum Gasteiger partial charge on any atom is 0.348 e. The molecule has 3 heterocycles. The molecule has 26 heavy (non-hydrogen) atoms. The SMILES string of the molecule is Cc1cc(N2CCC(Oc3ccc4c(c3)OCO4)(C(=O)O)CC2)ccn1. The lowest BCUT2D eigenvalue weighted by Gasteiger charge is -2.39. The summed E-state index contributed by atoms with van der Waals surface area (Å²) in [6, 6.07) is 9.09. The Labute approximate surface area is 151 Å². The van der Waals surface area contributed by atoms with E-state index in [1.165, 1.54) is 0 Å². The molecule has 0 atom stereocenters. The van der Waals surface area contributed by atoms with Gasteiger partial charge in [0, 0.05) is 49.6 Å². The van der Waals surface area contributed by atoms with Gasteiger partial charge in [0.15, 0.2) is 11.5 Å². The largest absolute Gasteiger partial charge is 0.478 e. The first-order valence-electron chi connectivity index (χ1n) is 8.55. The first-order chi connectivity index (χ1) is 12.6. The van der Waals surface area contributed by atoms with Crippen LogP contribution in [-0.4, -0.2) is 41.5 Å². The van der Waals surface area contributed by atoms with Gasteiger partial charge in [-0.05, 0) is 31.2 Å². The number of rotatable bonds is 4. The number of fused-ring (bicyclic) bond motifs is 1. The number of carboxylic acids is 1. The summed E-state index contributed by atoms with van der Waals surface area (Å²) < 4.78 is 16.6. The second-order valence-electron chi connectivity index (χ2n) is 6.56. The summed E-state index contributed by atoms with van der Waals surface area (Å²) in [4.78, 5) is 18.4. The van der Waals surface area contributed by atoms with Crippen LogP contribution in [0.3, 0.4) is 0 Å². The maximum absolute atomic E-state index is 12.0. The topological polar surface area (TPSA) is 81.1 Å². The molecule has 2 aliphatic heterocycles. The van der Waals surface area contributed by atoms with E-state index in [-0.39, 0.29) is 6.79 Å². The van der Waals surface area contributed by atoms with Crippen LogP contribution in [0.4, 0.5) is 5.69 Å². The van der Waals surface area contributed by atoms with Crippen molar-refractivity contribution in [3.63, 3.8) is 0 Å². The second-order valence-corrected chi connectivity index (χ2v) is 6.56. The van der Waals surface area contributed by atoms with Gasteiger partial charge >= 0.3 is 5.97 Å². The van der Waals surface area contributed by atoms with Crippen molar-refractivity contribution in [2.75, 3.05) is 24.8 Å². The van der Waals surface area contributed by atoms with Gasteiger partial charge in [-0.3, -0.25) is 4.98 Å². The van der Waals surface area contributed by atoms with E-state index in [9.17, 15) is 9.90 Å². The molecule has 0 saturated carbocycles. The third-order valence-electron chi connectivity index (χ3n) is 4.86. The number of aromatic nitrogens is 1. The highest BCUT2D eigenvalue weighted by molar-refractivity contribution is 5.78. The minimum atomic E-state index is -1.24. The summed E-state index contributed by atoms with van der Waals surface area (Å²) >= 11 is 0. The van der Waals surface area contributed by atoms with Crippen molar-refractivity contribution in [2.45, 2.75) is 25.4 Å². The summed E-state index contributed by atoms with van der Waals surface area (Å²) in [5, 5.41) is 9.83. The summed E-state index contributed by atoms with van der Waals surface area (Å²) in [5.74, 6) is 0.753. The quantitative estimate of drug-likeness (QED) is 0.902. The summed E-state index contributed by atoms with van der Waals surface area (Å²) in [6.07, 6.45) is 2.54. The highest BCUT2D eigenvalue weighted by atomic mass is 16.7. The minimum Gasteiger partial charge on any atom is -0.478 e. The molecule has 1 saturated heterocycles. The molecule has 1 fully saturated rings. The molecule has 1 N–H and O–H groups in total. The Morgan fingerprint density at radius 1 is 1.19 bits per heavy atom. The van der Waals surface area contributed by atoms with E-state index in [2.05, 4.69) is 9.88 Å². The van der Waals surface area contributed by atoms with Crippen LogP contribution in [0.25, 0.3) is 0 Å². The van der Waals surface area contributed by atoms with E-state index in [0.717, 1.165) is 11.4 Å². The number of piperidine rings is 1. The van der Waals surface area contributed by atoms with Gasteiger partial charge in [-0.1, -0.05) is 0 Å². The van der Waals surface area contributed by atoms with Crippen LogP contribution < -0.4 is 19.1 Å². The molecule has 0 aliphatic carbocycles. The van der Waals surface area contributed by atoms with Crippen LogP contribution in [-0.2, 0) is 4.79 Å². The van der Waals surface area contributed by atoms with Gasteiger partial charge in [-0.25, -0.2) is 4.79 Å². The number of ether oxygens (including phenoxy) is 3. The molecule has 1 aromatic carbocycles. The van der Waals surface area contributed by atoms with Crippen LogP contribution in [0.2, 0.25) is 0 Å². The van der Waals surface area contributed by atoms with Crippen LogP contribution in [0.15, 0.2) is 36.5 Å². The van der Waals surface area contributed by atoms with Gasteiger partial charge in [-0.15, -0.1) is 0 Å². The van der Waals surface area contributed by atoms with Gasteiger partial charge in [0.05, 0.1) is 0 Å². The molecule has 2 aromatic rings. The fraction of sp³-hybridized carbons (Fsp3) is 0.368. The van der Waals surface area contributed by atoms with Crippen LogP contribution in [0.5, 0.6) is 17.2 Å². The first-order valence-corrected chi connectivity index (χ1v) is 8.55. The van der Waals surface area contributed by atoms with Crippen molar-refractivity contribution < 1.29 is 24.1 Å². The third-order valence-corrected chi connectivity index (χ3v) is 4.86. The number of carboxylic acid groups (broad SMARTS) is 1. The zero-order valence-electron chi connectivity index (χ0n) is 14.5. The van der Waals surface area contributed by atoms with Crippen molar-refractivity contribution >= 4 is 11.7 Å². The van der Waals surface area contributed by atoms with Crippen molar-refractivity contribution in [3.05, 3.63) is 42.2 Å². The number of carbonyl (C=O) groups is 1. The lowest BCUT2D eigenvalue weighted by Crippen LogP contribution is -2.53. The third kappa shape index (κ3) is 3.00. The second kappa shape index (κ2) is 6.40. The molecule has 1 aromatic heterocycles. The Hall–Kier alpha value is -2.96. The number of pyridine rings is 1. The Balaban J connectivity index is 1.51. The van der Waals surface area contributed by atoms with Crippen molar-refractivity contribution in [3.8, 4) is 17.2 Å². The molecule has 0 spiro atoms. The molecule has 7 nitrogen and oxygen atoms in total. The van der Waals surface area contributed by atoms with Crippen molar-refractivity contribution in [1.29, 1.82) is 0 Å². The molecule has 136 valence electrons. The maximum atomic E-state index is 12.0. The highest BCUT2D eigenvalue weighted by Gasteiger charge is 2.44. The van der Waals surface area contributed by atoms with Crippen molar-refractivity contribution in [1.82, 2.24) is 4.98 Å². The van der Waals surface area contributed by atoms with E-state index >= 15 is 0 Å². The number of aliphatic carboxylic acids is 1. The summed E-state index contributed by atoms with van der Waals surface area (Å²) in [6.45, 7) is 3.31. The van der Waals surface area contributed by atoms with Gasteiger partial charge in [-0.2, -0.15) is 0 Å². The zero-order chi connectivity index (χ0) is 18.1. The average molecular weight is 356 g/mol. The number of hydrogen-bond donors (Lipinski definition) is 1. The molecule has 7 heteroatoms. The molecule has 4 rings (SSSR count). The van der Waals surface area contributed by atoms with Gasteiger partial charge in [0.2, 0.25) is 12.4 Å². The van der Waals surface area contributed by atoms with Crippen LogP contribution in [0, 0.1) is 6.92 Å². The Morgan fingerprint density at radius 2 is 1.96 bits per heavy atom. The average Bonchev–Trinajstić information content (AvgIpc) is 3.10. The standard InChI is InChI=1S/C19H20N2O5/c1-13-10-14(4-7-20-13)21-8-5-19(6-9-21,18(22)23)26-15-2-3-16-17(11-15)25-12-24-16/h2-4,7,10-11H,5-6,8-9,12H2,1H3,(H,22,23). The zero-order valence-corrected chi connectivity index (χ0v) is 14.5. The first kappa shape index (κ1) is 16.5. The fourth-order valence-corrected chi connectivity index (χ4v) is 3.38. The minimum absolute atomic E-state index is 0.170. The fourth-order valence-electron chi connectivity index (χ4n) is 3.38. The Morgan fingerprint density at radius 3 is 2.69 bits per heavy atom. The normalized spacial score (nSPS) is 17.8. The molecule has 0 amide bonds. The number of hydrogen-bond acceptors (Lipinski definition) is 6. The lowest BCUT2D eigenvalue weighted by atomic mass is 9.90.